The number of furan rings is 1. The lowest BCUT2D eigenvalue weighted by Crippen LogP contribution is -2.29. The van der Waals surface area contributed by atoms with Crippen molar-refractivity contribution in [1.29, 1.82) is 0 Å². The summed E-state index contributed by atoms with van der Waals surface area (Å²) in [5.74, 6) is 0. The van der Waals surface area contributed by atoms with Crippen LogP contribution in [0.15, 0.2) is 34.9 Å². The highest BCUT2D eigenvalue weighted by atomic mass is 16.3. The number of benzene rings is 1. The van der Waals surface area contributed by atoms with Gasteiger partial charge in [-0.15, -0.1) is 0 Å². The molecule has 2 heterocycles. The first-order valence-corrected chi connectivity index (χ1v) is 5.87. The Morgan fingerprint density at radius 3 is 3.19 bits per heavy atom. The van der Waals surface area contributed by atoms with E-state index >= 15 is 0 Å². The smallest absolute Gasteiger partial charge is 0.136 e. The van der Waals surface area contributed by atoms with Gasteiger partial charge in [-0.05, 0) is 31.5 Å². The second kappa shape index (κ2) is 4.18. The van der Waals surface area contributed by atoms with Crippen LogP contribution in [0.4, 0.5) is 5.69 Å². The van der Waals surface area contributed by atoms with E-state index in [1.54, 1.807) is 6.26 Å². The summed E-state index contributed by atoms with van der Waals surface area (Å²) in [5, 5.41) is 8.09. The predicted molar refractivity (Wildman–Crippen MR) is 65.7 cm³/mol. The molecule has 1 aliphatic heterocycles. The van der Waals surface area contributed by atoms with E-state index in [2.05, 4.69) is 16.7 Å². The van der Waals surface area contributed by atoms with E-state index < -0.39 is 0 Å². The molecule has 2 N–H and O–H groups in total. The Balaban J connectivity index is 1.73. The minimum Gasteiger partial charge on any atom is -0.462 e. The van der Waals surface area contributed by atoms with Gasteiger partial charge in [0.1, 0.15) is 11.8 Å². The number of fused-ring (bicyclic) bond motifs is 1. The van der Waals surface area contributed by atoms with E-state index in [0.29, 0.717) is 6.04 Å². The van der Waals surface area contributed by atoms with Crippen LogP contribution >= 0.6 is 0 Å². The van der Waals surface area contributed by atoms with E-state index in [4.69, 9.17) is 4.42 Å². The first kappa shape index (κ1) is 9.73. The van der Waals surface area contributed by atoms with Crippen LogP contribution < -0.4 is 10.6 Å². The first-order valence-electron chi connectivity index (χ1n) is 5.87. The van der Waals surface area contributed by atoms with Crippen LogP contribution in [-0.4, -0.2) is 19.1 Å². The summed E-state index contributed by atoms with van der Waals surface area (Å²) in [6.07, 6.45) is 4.36. The Morgan fingerprint density at radius 1 is 1.38 bits per heavy atom. The summed E-state index contributed by atoms with van der Waals surface area (Å²) in [7, 11) is 0. The summed E-state index contributed by atoms with van der Waals surface area (Å²) >= 11 is 0. The molecule has 0 spiro atoms. The van der Waals surface area contributed by atoms with Crippen LogP contribution in [0.25, 0.3) is 11.0 Å². The van der Waals surface area contributed by atoms with Crippen molar-refractivity contribution in [2.45, 2.75) is 18.9 Å². The number of hydrogen-bond donors (Lipinski definition) is 2. The maximum Gasteiger partial charge on any atom is 0.136 e. The first-order chi connectivity index (χ1) is 7.93. The molecule has 0 aliphatic carbocycles. The maximum atomic E-state index is 5.48. The van der Waals surface area contributed by atoms with E-state index in [1.807, 2.05) is 18.2 Å². The average molecular weight is 216 g/mol. The van der Waals surface area contributed by atoms with Crippen LogP contribution in [-0.2, 0) is 0 Å². The van der Waals surface area contributed by atoms with Gasteiger partial charge in [0.25, 0.3) is 0 Å². The Kier molecular flexibility index (Phi) is 2.54. The predicted octanol–water partition coefficient (Wildman–Crippen LogP) is 2.60. The molecule has 16 heavy (non-hydrogen) atoms. The van der Waals surface area contributed by atoms with E-state index in [1.165, 1.54) is 18.2 Å². The van der Waals surface area contributed by atoms with Gasteiger partial charge in [-0.2, -0.15) is 0 Å². The highest BCUT2D eigenvalue weighted by Crippen LogP contribution is 2.25. The quantitative estimate of drug-likeness (QED) is 0.828. The normalized spacial score (nSPS) is 20.4. The zero-order chi connectivity index (χ0) is 10.8. The minimum absolute atomic E-state index is 0.605. The number of anilines is 1. The van der Waals surface area contributed by atoms with Crippen molar-refractivity contribution in [2.24, 2.45) is 0 Å². The zero-order valence-corrected chi connectivity index (χ0v) is 9.20. The number of rotatable bonds is 3. The fourth-order valence-corrected chi connectivity index (χ4v) is 2.28. The summed E-state index contributed by atoms with van der Waals surface area (Å²) in [5.41, 5.74) is 2.05. The fraction of sp³-hybridized carbons (Fsp3) is 0.385. The van der Waals surface area contributed by atoms with Gasteiger partial charge in [-0.25, -0.2) is 0 Å². The van der Waals surface area contributed by atoms with E-state index in [-0.39, 0.29) is 0 Å². The van der Waals surface area contributed by atoms with Crippen LogP contribution in [0.5, 0.6) is 0 Å². The lowest BCUT2D eigenvalue weighted by atomic mass is 10.2. The molecule has 1 fully saturated rings. The van der Waals surface area contributed by atoms with Crippen molar-refractivity contribution < 1.29 is 4.42 Å². The molecule has 0 bridgehead atoms. The molecule has 3 rings (SSSR count). The van der Waals surface area contributed by atoms with Crippen molar-refractivity contribution >= 4 is 16.7 Å². The molecular weight excluding hydrogens is 200 g/mol. The van der Waals surface area contributed by atoms with Gasteiger partial charge in [-0.1, -0.05) is 12.1 Å². The lowest BCUT2D eigenvalue weighted by molar-refractivity contribution is 0.612. The summed E-state index contributed by atoms with van der Waals surface area (Å²) in [4.78, 5) is 0. The maximum absolute atomic E-state index is 5.48. The summed E-state index contributed by atoms with van der Waals surface area (Å²) in [6.45, 7) is 2.13. The molecule has 1 aromatic carbocycles. The van der Waals surface area contributed by atoms with Gasteiger partial charge in [0.2, 0.25) is 0 Å². The molecule has 84 valence electrons. The van der Waals surface area contributed by atoms with Crippen LogP contribution in [0.1, 0.15) is 12.8 Å². The highest BCUT2D eigenvalue weighted by molar-refractivity contribution is 5.90. The highest BCUT2D eigenvalue weighted by Gasteiger charge is 2.14. The van der Waals surface area contributed by atoms with Crippen molar-refractivity contribution in [3.63, 3.8) is 0 Å². The third-order valence-electron chi connectivity index (χ3n) is 3.18. The number of para-hydroxylation sites is 1. The number of hydrogen-bond acceptors (Lipinski definition) is 3. The second-order valence-electron chi connectivity index (χ2n) is 4.32. The van der Waals surface area contributed by atoms with Crippen LogP contribution in [0, 0.1) is 0 Å². The van der Waals surface area contributed by atoms with Gasteiger partial charge in [0.05, 0.1) is 5.69 Å². The molecule has 0 amide bonds. The average Bonchev–Trinajstić information content (AvgIpc) is 2.96. The molecule has 1 unspecified atom stereocenters. The molecule has 0 saturated carbocycles. The van der Waals surface area contributed by atoms with Gasteiger partial charge >= 0.3 is 0 Å². The van der Waals surface area contributed by atoms with Crippen molar-refractivity contribution in [3.8, 4) is 0 Å². The third kappa shape index (κ3) is 1.78. The van der Waals surface area contributed by atoms with E-state index in [0.717, 1.165) is 24.4 Å². The Morgan fingerprint density at radius 2 is 2.31 bits per heavy atom. The molecule has 1 aromatic heterocycles. The molecule has 3 heteroatoms. The third-order valence-corrected chi connectivity index (χ3v) is 3.18. The Hall–Kier alpha value is -1.48. The number of nitrogens with one attached hydrogen (secondary N) is 2. The standard InChI is InChI=1S/C13H16N2O/c1-2-6-13-11(5-1)12(9-16-13)15-8-10-4-3-7-14-10/h1-2,5-6,9-10,14-15H,3-4,7-8H2. The molecular formula is C13H16N2O. The monoisotopic (exact) mass is 216 g/mol. The fourth-order valence-electron chi connectivity index (χ4n) is 2.28. The minimum atomic E-state index is 0.605. The lowest BCUT2D eigenvalue weighted by Gasteiger charge is -2.11. The van der Waals surface area contributed by atoms with Crippen molar-refractivity contribution in [2.75, 3.05) is 18.4 Å². The molecule has 1 saturated heterocycles. The summed E-state index contributed by atoms with van der Waals surface area (Å²) in [6, 6.07) is 8.72. The summed E-state index contributed by atoms with van der Waals surface area (Å²) < 4.78 is 5.48. The molecule has 1 atom stereocenters. The zero-order valence-electron chi connectivity index (χ0n) is 9.20. The molecule has 0 radical (unpaired) electrons. The Bertz CT molecular complexity index is 471. The van der Waals surface area contributed by atoms with Gasteiger partial charge in [-0.3, -0.25) is 0 Å². The van der Waals surface area contributed by atoms with Gasteiger partial charge < -0.3 is 15.1 Å². The van der Waals surface area contributed by atoms with Gasteiger partial charge in [0, 0.05) is 18.0 Å². The SMILES string of the molecule is c1ccc2c(NCC3CCCN3)coc2c1. The van der Waals surface area contributed by atoms with Crippen molar-refractivity contribution in [3.05, 3.63) is 30.5 Å². The largest absolute Gasteiger partial charge is 0.462 e. The van der Waals surface area contributed by atoms with Crippen LogP contribution in [0.2, 0.25) is 0 Å². The second-order valence-corrected chi connectivity index (χ2v) is 4.32. The Labute approximate surface area is 94.8 Å². The topological polar surface area (TPSA) is 37.2 Å². The van der Waals surface area contributed by atoms with E-state index in [9.17, 15) is 0 Å². The van der Waals surface area contributed by atoms with Crippen LogP contribution in [0.3, 0.4) is 0 Å². The molecule has 3 nitrogen and oxygen atoms in total. The molecule has 2 aromatic rings. The van der Waals surface area contributed by atoms with Crippen molar-refractivity contribution in [1.82, 2.24) is 5.32 Å². The van der Waals surface area contributed by atoms with Gasteiger partial charge in [0.15, 0.2) is 0 Å². The molecule has 1 aliphatic rings.